The molecule has 0 amide bonds. The number of aliphatic hydroxyl groups excluding tert-OH is 1. The zero-order valence-electron chi connectivity index (χ0n) is 9.06. The Bertz CT molecular complexity index is 538. The Kier molecular flexibility index (Phi) is 2.78. The number of rotatable bonds is 2. The Morgan fingerprint density at radius 1 is 1.35 bits per heavy atom. The summed E-state index contributed by atoms with van der Waals surface area (Å²) in [6.45, 7) is 0.788. The summed E-state index contributed by atoms with van der Waals surface area (Å²) in [7, 11) is 0. The first-order valence-corrected chi connectivity index (χ1v) is 6.29. The van der Waals surface area contributed by atoms with E-state index in [1.54, 1.807) is 12.3 Å². The van der Waals surface area contributed by atoms with E-state index in [4.69, 9.17) is 4.42 Å². The van der Waals surface area contributed by atoms with Crippen molar-refractivity contribution in [2.24, 2.45) is 0 Å². The molecule has 0 bridgehead atoms. The molecule has 17 heavy (non-hydrogen) atoms. The van der Waals surface area contributed by atoms with Crippen LogP contribution in [0.1, 0.15) is 29.0 Å². The van der Waals surface area contributed by atoms with E-state index in [-0.39, 0.29) is 6.04 Å². The van der Waals surface area contributed by atoms with Gasteiger partial charge >= 0.3 is 0 Å². The monoisotopic (exact) mass is 293 g/mol. The predicted molar refractivity (Wildman–Crippen MR) is 67.4 cm³/mol. The standard InChI is InChI=1S/C13H12BrNO2/c14-10-5-6-17-13(10)12(16)11-9-4-2-1-3-8(9)7-15-11/h1-6,11-12,15-16H,7H2. The molecule has 2 unspecified atom stereocenters. The number of furan rings is 1. The van der Waals surface area contributed by atoms with Gasteiger partial charge in [0.05, 0.1) is 16.8 Å². The van der Waals surface area contributed by atoms with Gasteiger partial charge in [0.2, 0.25) is 0 Å². The summed E-state index contributed by atoms with van der Waals surface area (Å²) in [4.78, 5) is 0. The van der Waals surface area contributed by atoms with Gasteiger partial charge < -0.3 is 14.8 Å². The minimum Gasteiger partial charge on any atom is -0.465 e. The molecular weight excluding hydrogens is 282 g/mol. The molecule has 0 fully saturated rings. The Morgan fingerprint density at radius 3 is 2.94 bits per heavy atom. The summed E-state index contributed by atoms with van der Waals surface area (Å²) in [5, 5.41) is 13.7. The molecule has 1 aliphatic heterocycles. The van der Waals surface area contributed by atoms with Crippen LogP contribution >= 0.6 is 15.9 Å². The Hall–Kier alpha value is -1.10. The maximum Gasteiger partial charge on any atom is 0.148 e. The zero-order valence-corrected chi connectivity index (χ0v) is 10.6. The molecule has 4 heteroatoms. The third-order valence-electron chi connectivity index (χ3n) is 3.13. The van der Waals surface area contributed by atoms with E-state index in [1.807, 2.05) is 18.2 Å². The molecule has 0 saturated heterocycles. The van der Waals surface area contributed by atoms with Crippen molar-refractivity contribution in [1.29, 1.82) is 0 Å². The summed E-state index contributed by atoms with van der Waals surface area (Å²) in [6.07, 6.45) is 0.895. The normalized spacial score (nSPS) is 20.2. The Labute approximate surface area is 108 Å². The summed E-state index contributed by atoms with van der Waals surface area (Å²) < 4.78 is 6.12. The van der Waals surface area contributed by atoms with E-state index in [2.05, 4.69) is 27.3 Å². The SMILES string of the molecule is OC(c1occc1Br)C1NCc2ccccc21. The van der Waals surface area contributed by atoms with Crippen LogP contribution in [0.25, 0.3) is 0 Å². The number of aliphatic hydroxyl groups is 1. The highest BCUT2D eigenvalue weighted by molar-refractivity contribution is 9.10. The largest absolute Gasteiger partial charge is 0.465 e. The van der Waals surface area contributed by atoms with E-state index in [0.717, 1.165) is 16.6 Å². The summed E-state index contributed by atoms with van der Waals surface area (Å²) >= 11 is 3.37. The second-order valence-electron chi connectivity index (χ2n) is 4.14. The molecule has 0 aliphatic carbocycles. The van der Waals surface area contributed by atoms with E-state index in [1.165, 1.54) is 5.56 Å². The van der Waals surface area contributed by atoms with Crippen molar-refractivity contribution in [3.63, 3.8) is 0 Å². The minimum atomic E-state index is -0.678. The molecule has 2 N–H and O–H groups in total. The highest BCUT2D eigenvalue weighted by atomic mass is 79.9. The average molecular weight is 294 g/mol. The van der Waals surface area contributed by atoms with Gasteiger partial charge in [-0.05, 0) is 33.1 Å². The van der Waals surface area contributed by atoms with Gasteiger partial charge in [0, 0.05) is 6.54 Å². The van der Waals surface area contributed by atoms with Crippen LogP contribution in [0.15, 0.2) is 45.5 Å². The molecule has 0 saturated carbocycles. The molecule has 0 radical (unpaired) electrons. The summed E-state index contributed by atoms with van der Waals surface area (Å²) in [5.41, 5.74) is 2.38. The van der Waals surface area contributed by atoms with Crippen LogP contribution < -0.4 is 5.32 Å². The highest BCUT2D eigenvalue weighted by Gasteiger charge is 2.31. The van der Waals surface area contributed by atoms with Gasteiger partial charge in [-0.3, -0.25) is 0 Å². The fraction of sp³-hybridized carbons (Fsp3) is 0.231. The van der Waals surface area contributed by atoms with E-state index < -0.39 is 6.10 Å². The zero-order chi connectivity index (χ0) is 11.8. The van der Waals surface area contributed by atoms with Crippen LogP contribution in [0.2, 0.25) is 0 Å². The predicted octanol–water partition coefficient (Wildman–Crippen LogP) is 2.92. The quantitative estimate of drug-likeness (QED) is 0.895. The van der Waals surface area contributed by atoms with Crippen molar-refractivity contribution < 1.29 is 9.52 Å². The van der Waals surface area contributed by atoms with Gasteiger partial charge in [0.15, 0.2) is 0 Å². The molecular formula is C13H12BrNO2. The van der Waals surface area contributed by atoms with Crippen molar-refractivity contribution in [2.75, 3.05) is 0 Å². The lowest BCUT2D eigenvalue weighted by atomic mass is 9.99. The second kappa shape index (κ2) is 4.29. The first-order chi connectivity index (χ1) is 8.27. The fourth-order valence-corrected chi connectivity index (χ4v) is 2.71. The number of nitrogens with one attached hydrogen (secondary N) is 1. The Balaban J connectivity index is 1.95. The van der Waals surface area contributed by atoms with Gasteiger partial charge in [0.1, 0.15) is 11.9 Å². The van der Waals surface area contributed by atoms with Gasteiger partial charge in [-0.15, -0.1) is 0 Å². The van der Waals surface area contributed by atoms with E-state index >= 15 is 0 Å². The van der Waals surface area contributed by atoms with Gasteiger partial charge in [-0.2, -0.15) is 0 Å². The molecule has 88 valence electrons. The molecule has 1 aliphatic rings. The van der Waals surface area contributed by atoms with Crippen LogP contribution in [-0.2, 0) is 6.54 Å². The molecule has 2 heterocycles. The summed E-state index contributed by atoms with van der Waals surface area (Å²) in [5.74, 6) is 0.569. The van der Waals surface area contributed by atoms with Gasteiger partial charge in [-0.25, -0.2) is 0 Å². The molecule has 1 aromatic heterocycles. The van der Waals surface area contributed by atoms with Crippen LogP contribution in [-0.4, -0.2) is 5.11 Å². The molecule has 3 rings (SSSR count). The van der Waals surface area contributed by atoms with Gasteiger partial charge in [0.25, 0.3) is 0 Å². The van der Waals surface area contributed by atoms with E-state index in [0.29, 0.717) is 5.76 Å². The smallest absolute Gasteiger partial charge is 0.148 e. The number of hydrogen-bond acceptors (Lipinski definition) is 3. The Morgan fingerprint density at radius 2 is 2.18 bits per heavy atom. The average Bonchev–Trinajstić information content (AvgIpc) is 2.94. The first-order valence-electron chi connectivity index (χ1n) is 5.49. The maximum atomic E-state index is 10.4. The minimum absolute atomic E-state index is 0.103. The molecule has 2 atom stereocenters. The van der Waals surface area contributed by atoms with E-state index in [9.17, 15) is 5.11 Å². The molecule has 0 spiro atoms. The van der Waals surface area contributed by atoms with Crippen molar-refractivity contribution in [1.82, 2.24) is 5.32 Å². The molecule has 3 nitrogen and oxygen atoms in total. The number of benzene rings is 1. The number of halogens is 1. The topological polar surface area (TPSA) is 45.4 Å². The lowest BCUT2D eigenvalue weighted by Crippen LogP contribution is -2.20. The van der Waals surface area contributed by atoms with Crippen LogP contribution in [0.5, 0.6) is 0 Å². The van der Waals surface area contributed by atoms with Crippen LogP contribution in [0.3, 0.4) is 0 Å². The van der Waals surface area contributed by atoms with Crippen molar-refractivity contribution in [3.8, 4) is 0 Å². The highest BCUT2D eigenvalue weighted by Crippen LogP contribution is 2.37. The van der Waals surface area contributed by atoms with Crippen LogP contribution in [0.4, 0.5) is 0 Å². The number of fused-ring (bicyclic) bond motifs is 1. The first kappa shape index (κ1) is 11.0. The van der Waals surface area contributed by atoms with Crippen LogP contribution in [0, 0.1) is 0 Å². The molecule has 1 aromatic carbocycles. The fourth-order valence-electron chi connectivity index (χ4n) is 2.28. The van der Waals surface area contributed by atoms with Crippen molar-refractivity contribution in [2.45, 2.75) is 18.7 Å². The third-order valence-corrected chi connectivity index (χ3v) is 3.79. The third kappa shape index (κ3) is 1.82. The van der Waals surface area contributed by atoms with Gasteiger partial charge in [-0.1, -0.05) is 24.3 Å². The number of hydrogen-bond donors (Lipinski definition) is 2. The lowest BCUT2D eigenvalue weighted by Gasteiger charge is -2.18. The second-order valence-corrected chi connectivity index (χ2v) is 4.99. The van der Waals surface area contributed by atoms with Crippen molar-refractivity contribution in [3.05, 3.63) is 58.0 Å². The van der Waals surface area contributed by atoms with Crippen molar-refractivity contribution >= 4 is 15.9 Å². The molecule has 2 aromatic rings. The maximum absolute atomic E-state index is 10.4. The lowest BCUT2D eigenvalue weighted by molar-refractivity contribution is 0.108. The summed E-state index contributed by atoms with van der Waals surface area (Å²) in [6, 6.07) is 9.81.